The normalized spacial score (nSPS) is 8.93. The molecule has 0 aromatic carbocycles. The van der Waals surface area contributed by atoms with Crippen LogP contribution in [0.3, 0.4) is 0 Å². The molecule has 0 bridgehead atoms. The van der Waals surface area contributed by atoms with Gasteiger partial charge in [0.2, 0.25) is 0 Å². The maximum Gasteiger partial charge on any atom is 0.340 e. The maximum absolute atomic E-state index is 10.5. The number of carbonyl (C=O) groups is 1. The van der Waals surface area contributed by atoms with Crippen molar-refractivity contribution in [3.05, 3.63) is 26.6 Å². The summed E-state index contributed by atoms with van der Waals surface area (Å²) in [5.74, 6) is 5.26. The molecule has 1 rings (SSSR count). The van der Waals surface area contributed by atoms with Crippen LogP contribution in [0, 0.1) is 22.0 Å². The molecule has 0 aliphatic carbocycles. The second kappa shape index (κ2) is 4.88. The van der Waals surface area contributed by atoms with Gasteiger partial charge >= 0.3 is 5.00 Å². The van der Waals surface area contributed by atoms with Crippen LogP contribution in [0.4, 0.5) is 5.00 Å². The highest BCUT2D eigenvalue weighted by molar-refractivity contribution is 9.09. The second-order valence-electron chi connectivity index (χ2n) is 2.18. The Bertz CT molecular complexity index is 430. The van der Waals surface area contributed by atoms with Crippen LogP contribution in [0.15, 0.2) is 6.07 Å². The molecule has 0 atom stereocenters. The zero-order valence-corrected chi connectivity index (χ0v) is 9.22. The van der Waals surface area contributed by atoms with Crippen molar-refractivity contribution >= 4 is 38.6 Å². The topological polar surface area (TPSA) is 60.2 Å². The highest BCUT2D eigenvalue weighted by Gasteiger charge is 2.17. The zero-order valence-electron chi connectivity index (χ0n) is 6.82. The fourth-order valence-corrected chi connectivity index (χ4v) is 1.69. The van der Waals surface area contributed by atoms with Crippen molar-refractivity contribution in [3.63, 3.8) is 0 Å². The van der Waals surface area contributed by atoms with Crippen LogP contribution in [0.25, 0.3) is 0 Å². The van der Waals surface area contributed by atoms with E-state index in [2.05, 4.69) is 27.8 Å². The third-order valence-electron chi connectivity index (χ3n) is 1.30. The standard InChI is InChI=1S/C8H4BrNO3S/c9-3-1-2-6-4-7(5-11)14-8(6)10(12)13/h4-5H,3H2. The lowest BCUT2D eigenvalue weighted by Gasteiger charge is -1.83. The van der Waals surface area contributed by atoms with Crippen molar-refractivity contribution in [2.24, 2.45) is 0 Å². The Balaban J connectivity index is 3.18. The molecular weight excluding hydrogens is 270 g/mol. The number of rotatable bonds is 2. The van der Waals surface area contributed by atoms with Crippen LogP contribution in [-0.4, -0.2) is 16.5 Å². The largest absolute Gasteiger partial charge is 0.340 e. The molecule has 0 radical (unpaired) electrons. The number of aldehydes is 1. The summed E-state index contributed by atoms with van der Waals surface area (Å²) in [7, 11) is 0. The molecular formula is C8H4BrNO3S. The van der Waals surface area contributed by atoms with E-state index in [1.54, 1.807) is 0 Å². The van der Waals surface area contributed by atoms with Gasteiger partial charge in [-0.05, 0) is 6.07 Å². The number of hydrogen-bond donors (Lipinski definition) is 0. The number of nitro groups is 1. The summed E-state index contributed by atoms with van der Waals surface area (Å²) < 4.78 is 0. The van der Waals surface area contributed by atoms with Crippen LogP contribution in [-0.2, 0) is 0 Å². The molecule has 0 N–H and O–H groups in total. The molecule has 4 nitrogen and oxygen atoms in total. The highest BCUT2D eigenvalue weighted by atomic mass is 79.9. The van der Waals surface area contributed by atoms with Gasteiger partial charge in [0.25, 0.3) is 0 Å². The zero-order chi connectivity index (χ0) is 10.6. The monoisotopic (exact) mass is 273 g/mol. The number of thiophene rings is 1. The number of carbonyl (C=O) groups excluding carboxylic acids is 1. The van der Waals surface area contributed by atoms with Crippen molar-refractivity contribution in [2.75, 3.05) is 5.33 Å². The van der Waals surface area contributed by atoms with E-state index in [0.717, 1.165) is 11.3 Å². The first-order valence-corrected chi connectivity index (χ1v) is 5.41. The van der Waals surface area contributed by atoms with Gasteiger partial charge in [-0.25, -0.2) is 0 Å². The van der Waals surface area contributed by atoms with Crippen molar-refractivity contribution in [3.8, 4) is 11.8 Å². The van der Waals surface area contributed by atoms with Crippen LogP contribution >= 0.6 is 27.3 Å². The first-order valence-electron chi connectivity index (χ1n) is 3.47. The Morgan fingerprint density at radius 3 is 2.93 bits per heavy atom. The smallest absolute Gasteiger partial charge is 0.297 e. The number of alkyl halides is 1. The average molecular weight is 274 g/mol. The summed E-state index contributed by atoms with van der Waals surface area (Å²) >= 11 is 3.92. The lowest BCUT2D eigenvalue weighted by atomic mass is 10.3. The van der Waals surface area contributed by atoms with Crippen LogP contribution < -0.4 is 0 Å². The summed E-state index contributed by atoms with van der Waals surface area (Å²) in [4.78, 5) is 20.7. The van der Waals surface area contributed by atoms with E-state index in [1.165, 1.54) is 6.07 Å². The van der Waals surface area contributed by atoms with E-state index in [0.29, 0.717) is 22.1 Å². The summed E-state index contributed by atoms with van der Waals surface area (Å²) in [5.41, 5.74) is 0.293. The summed E-state index contributed by atoms with van der Waals surface area (Å²) in [6.07, 6.45) is 0.580. The van der Waals surface area contributed by atoms with Gasteiger partial charge in [0.05, 0.1) is 15.1 Å². The fourth-order valence-electron chi connectivity index (χ4n) is 0.812. The molecule has 1 aromatic rings. The molecule has 1 heterocycles. The molecule has 72 valence electrons. The lowest BCUT2D eigenvalue weighted by molar-refractivity contribution is -0.380. The Labute approximate surface area is 92.2 Å². The molecule has 0 aliphatic rings. The summed E-state index contributed by atoms with van der Waals surface area (Å²) in [5, 5.41) is 10.9. The summed E-state index contributed by atoms with van der Waals surface area (Å²) in [6.45, 7) is 0. The third kappa shape index (κ3) is 2.40. The van der Waals surface area contributed by atoms with Crippen molar-refractivity contribution in [1.82, 2.24) is 0 Å². The van der Waals surface area contributed by atoms with E-state index < -0.39 is 4.92 Å². The number of halogens is 1. The molecule has 14 heavy (non-hydrogen) atoms. The van der Waals surface area contributed by atoms with Crippen LogP contribution in [0.1, 0.15) is 15.2 Å². The predicted molar refractivity (Wildman–Crippen MR) is 57.0 cm³/mol. The minimum absolute atomic E-state index is 0.0828. The molecule has 0 saturated carbocycles. The first-order chi connectivity index (χ1) is 6.69. The Hall–Kier alpha value is -1.19. The van der Waals surface area contributed by atoms with Gasteiger partial charge in [0, 0.05) is 0 Å². The molecule has 0 aliphatic heterocycles. The summed E-state index contributed by atoms with van der Waals surface area (Å²) in [6, 6.07) is 1.42. The molecule has 0 fully saturated rings. The van der Waals surface area contributed by atoms with Gasteiger partial charge in [0.15, 0.2) is 6.29 Å². The minimum Gasteiger partial charge on any atom is -0.297 e. The predicted octanol–water partition coefficient (Wildman–Crippen LogP) is 2.22. The minimum atomic E-state index is -0.532. The van der Waals surface area contributed by atoms with E-state index in [9.17, 15) is 14.9 Å². The van der Waals surface area contributed by atoms with Crippen molar-refractivity contribution in [2.45, 2.75) is 0 Å². The second-order valence-corrected chi connectivity index (χ2v) is 3.80. The maximum atomic E-state index is 10.5. The van der Waals surface area contributed by atoms with E-state index >= 15 is 0 Å². The first kappa shape index (κ1) is 10.9. The molecule has 0 amide bonds. The van der Waals surface area contributed by atoms with E-state index in [-0.39, 0.29) is 5.00 Å². The van der Waals surface area contributed by atoms with Gasteiger partial charge in [-0.15, -0.1) is 0 Å². The SMILES string of the molecule is O=Cc1cc(C#CCBr)c([N+](=O)[O-])s1. The lowest BCUT2D eigenvalue weighted by Crippen LogP contribution is -1.85. The van der Waals surface area contributed by atoms with Crippen LogP contribution in [0.5, 0.6) is 0 Å². The Kier molecular flexibility index (Phi) is 3.80. The number of hydrogen-bond acceptors (Lipinski definition) is 4. The van der Waals surface area contributed by atoms with Crippen molar-refractivity contribution < 1.29 is 9.72 Å². The molecule has 0 unspecified atom stereocenters. The molecule has 1 aromatic heterocycles. The molecule has 0 spiro atoms. The Morgan fingerprint density at radius 1 is 1.71 bits per heavy atom. The van der Waals surface area contributed by atoms with Gasteiger partial charge in [-0.3, -0.25) is 14.9 Å². The van der Waals surface area contributed by atoms with Gasteiger partial charge in [-0.1, -0.05) is 39.1 Å². The van der Waals surface area contributed by atoms with Gasteiger partial charge < -0.3 is 0 Å². The Morgan fingerprint density at radius 2 is 2.43 bits per heavy atom. The van der Waals surface area contributed by atoms with E-state index in [4.69, 9.17) is 0 Å². The number of nitrogens with zero attached hydrogens (tertiary/aromatic N) is 1. The molecule has 6 heteroatoms. The van der Waals surface area contributed by atoms with Crippen LogP contribution in [0.2, 0.25) is 0 Å². The highest BCUT2D eigenvalue weighted by Crippen LogP contribution is 2.28. The molecule has 0 saturated heterocycles. The van der Waals surface area contributed by atoms with E-state index in [1.807, 2.05) is 0 Å². The fraction of sp³-hybridized carbons (Fsp3) is 0.125. The van der Waals surface area contributed by atoms with Crippen molar-refractivity contribution in [1.29, 1.82) is 0 Å². The third-order valence-corrected chi connectivity index (χ3v) is 2.60. The van der Waals surface area contributed by atoms with Gasteiger partial charge in [0.1, 0.15) is 5.56 Å². The average Bonchev–Trinajstić information content (AvgIpc) is 2.58. The quantitative estimate of drug-likeness (QED) is 0.273. The van der Waals surface area contributed by atoms with Gasteiger partial charge in [-0.2, -0.15) is 0 Å².